The van der Waals surface area contributed by atoms with Gasteiger partial charge >= 0.3 is 0 Å². The highest BCUT2D eigenvalue weighted by Gasteiger charge is 2.29. The number of halogens is 1. The number of hydrogen-bond acceptors (Lipinski definition) is 3. The lowest BCUT2D eigenvalue weighted by Gasteiger charge is -2.32. The molecular weight excluding hydrogens is 434 g/mol. The number of carbonyl (C=O) groups is 1. The van der Waals surface area contributed by atoms with Gasteiger partial charge in [-0.3, -0.25) is 14.2 Å². The maximum absolute atomic E-state index is 13.8. The predicted molar refractivity (Wildman–Crippen MR) is 132 cm³/mol. The number of amides is 1. The van der Waals surface area contributed by atoms with Crippen LogP contribution in [0.25, 0.3) is 10.9 Å². The molecule has 4 aromatic rings. The lowest BCUT2D eigenvalue weighted by molar-refractivity contribution is 0.0638. The molecule has 33 heavy (non-hydrogen) atoms. The first-order valence-corrected chi connectivity index (χ1v) is 11.5. The normalized spacial score (nSPS) is 12.0. The first-order chi connectivity index (χ1) is 16.0. The first-order valence-electron chi connectivity index (χ1n) is 11.1. The molecule has 0 radical (unpaired) electrons. The first kappa shape index (κ1) is 22.7. The van der Waals surface area contributed by atoms with Gasteiger partial charge in [-0.05, 0) is 55.3 Å². The molecule has 0 N–H and O–H groups in total. The number of hydrogen-bond donors (Lipinski definition) is 0. The van der Waals surface area contributed by atoms with Crippen LogP contribution >= 0.6 is 11.6 Å². The minimum absolute atomic E-state index is 0.0878. The molecule has 4 rings (SSSR count). The van der Waals surface area contributed by atoms with E-state index in [1.54, 1.807) is 39.8 Å². The number of fused-ring (bicyclic) bond motifs is 1. The van der Waals surface area contributed by atoms with Gasteiger partial charge in [0.2, 0.25) is 0 Å². The molecule has 0 aliphatic heterocycles. The SMILES string of the molecule is CCC(c1nc2ccccc2c(=O)n1CC)N(Cc1ccccc1)C(=O)c1ccc(Cl)cc1. The number of rotatable bonds is 7. The second-order valence-corrected chi connectivity index (χ2v) is 8.32. The quantitative estimate of drug-likeness (QED) is 0.347. The lowest BCUT2D eigenvalue weighted by atomic mass is 10.1. The third kappa shape index (κ3) is 4.69. The van der Waals surface area contributed by atoms with Crippen LogP contribution in [0.5, 0.6) is 0 Å². The van der Waals surface area contributed by atoms with Crippen LogP contribution in [-0.4, -0.2) is 20.4 Å². The molecule has 0 aliphatic rings. The van der Waals surface area contributed by atoms with Gasteiger partial charge in [0, 0.05) is 23.7 Å². The Morgan fingerprint density at radius 1 is 0.970 bits per heavy atom. The maximum Gasteiger partial charge on any atom is 0.261 e. The summed E-state index contributed by atoms with van der Waals surface area (Å²) in [6, 6.07) is 23.7. The van der Waals surface area contributed by atoms with E-state index in [2.05, 4.69) is 0 Å². The fourth-order valence-corrected chi connectivity index (χ4v) is 4.28. The van der Waals surface area contributed by atoms with Gasteiger partial charge in [-0.15, -0.1) is 0 Å². The third-order valence-electron chi connectivity index (χ3n) is 5.82. The molecule has 0 spiro atoms. The van der Waals surface area contributed by atoms with Crippen LogP contribution in [-0.2, 0) is 13.1 Å². The molecule has 6 heteroatoms. The van der Waals surface area contributed by atoms with Crippen LogP contribution in [0, 0.1) is 0 Å². The Hall–Kier alpha value is -3.44. The van der Waals surface area contributed by atoms with Gasteiger partial charge in [-0.2, -0.15) is 0 Å². The highest BCUT2D eigenvalue weighted by atomic mass is 35.5. The van der Waals surface area contributed by atoms with Crippen LogP contribution in [0.4, 0.5) is 0 Å². The van der Waals surface area contributed by atoms with Crippen molar-refractivity contribution in [2.24, 2.45) is 0 Å². The zero-order valence-corrected chi connectivity index (χ0v) is 19.5. The third-order valence-corrected chi connectivity index (χ3v) is 6.07. The number of nitrogens with zero attached hydrogens (tertiary/aromatic N) is 3. The van der Waals surface area contributed by atoms with E-state index in [1.807, 2.05) is 62.4 Å². The fourth-order valence-electron chi connectivity index (χ4n) is 4.15. The highest BCUT2D eigenvalue weighted by molar-refractivity contribution is 6.30. The van der Waals surface area contributed by atoms with Gasteiger partial charge in [0.25, 0.3) is 11.5 Å². The monoisotopic (exact) mass is 459 g/mol. The summed E-state index contributed by atoms with van der Waals surface area (Å²) in [5.41, 5.74) is 2.10. The van der Waals surface area contributed by atoms with Crippen molar-refractivity contribution in [2.45, 2.75) is 39.4 Å². The molecule has 168 valence electrons. The number of carbonyl (C=O) groups excluding carboxylic acids is 1. The van der Waals surface area contributed by atoms with Crippen molar-refractivity contribution in [3.8, 4) is 0 Å². The fraction of sp³-hybridized carbons (Fsp3) is 0.222. The molecular formula is C27H26ClN3O2. The Labute approximate surface area is 198 Å². The summed E-state index contributed by atoms with van der Waals surface area (Å²) in [5.74, 6) is 0.467. The molecule has 5 nitrogen and oxygen atoms in total. The van der Waals surface area contributed by atoms with Gasteiger partial charge in [0.15, 0.2) is 0 Å². The average molecular weight is 460 g/mol. The van der Waals surface area contributed by atoms with Crippen molar-refractivity contribution in [1.29, 1.82) is 0 Å². The highest BCUT2D eigenvalue weighted by Crippen LogP contribution is 2.28. The molecule has 3 aromatic carbocycles. The number of aromatic nitrogens is 2. The van der Waals surface area contributed by atoms with Crippen molar-refractivity contribution in [3.63, 3.8) is 0 Å². The van der Waals surface area contributed by atoms with Crippen LogP contribution in [0.1, 0.15) is 48.1 Å². The Kier molecular flexibility index (Phi) is 6.90. The van der Waals surface area contributed by atoms with Crippen molar-refractivity contribution in [3.05, 3.63) is 111 Å². The van der Waals surface area contributed by atoms with Gasteiger partial charge in [0.1, 0.15) is 5.82 Å². The van der Waals surface area contributed by atoms with E-state index in [1.165, 1.54) is 0 Å². The second kappa shape index (κ2) is 10.0. The van der Waals surface area contributed by atoms with Crippen LogP contribution in [0.15, 0.2) is 83.7 Å². The van der Waals surface area contributed by atoms with Crippen molar-refractivity contribution < 1.29 is 4.79 Å². The molecule has 1 amide bonds. The van der Waals surface area contributed by atoms with E-state index in [9.17, 15) is 9.59 Å². The van der Waals surface area contributed by atoms with E-state index in [-0.39, 0.29) is 17.5 Å². The van der Waals surface area contributed by atoms with E-state index in [0.717, 1.165) is 5.56 Å². The summed E-state index contributed by atoms with van der Waals surface area (Å²) < 4.78 is 1.68. The predicted octanol–water partition coefficient (Wildman–Crippen LogP) is 5.86. The van der Waals surface area contributed by atoms with E-state index >= 15 is 0 Å². The molecule has 1 aromatic heterocycles. The van der Waals surface area contributed by atoms with Gasteiger partial charge in [-0.1, -0.05) is 61.0 Å². The molecule has 1 unspecified atom stereocenters. The molecule has 0 bridgehead atoms. The minimum Gasteiger partial charge on any atom is -0.324 e. The average Bonchev–Trinajstić information content (AvgIpc) is 2.85. The molecule has 0 saturated heterocycles. The van der Waals surface area contributed by atoms with Crippen molar-refractivity contribution in [1.82, 2.24) is 14.5 Å². The molecule has 1 heterocycles. The number of para-hydroxylation sites is 1. The molecule has 1 atom stereocenters. The van der Waals surface area contributed by atoms with E-state index in [0.29, 0.717) is 46.8 Å². The van der Waals surface area contributed by atoms with E-state index < -0.39 is 0 Å². The maximum atomic E-state index is 13.8. The zero-order chi connectivity index (χ0) is 23.4. The minimum atomic E-state index is -0.384. The summed E-state index contributed by atoms with van der Waals surface area (Å²) in [6.07, 6.45) is 0.608. The zero-order valence-electron chi connectivity index (χ0n) is 18.7. The summed E-state index contributed by atoms with van der Waals surface area (Å²) in [4.78, 5) is 33.7. The molecule has 0 aliphatic carbocycles. The number of benzene rings is 3. The van der Waals surface area contributed by atoms with Gasteiger partial charge in [0.05, 0.1) is 16.9 Å². The van der Waals surface area contributed by atoms with Gasteiger partial charge in [-0.25, -0.2) is 4.98 Å². The Morgan fingerprint density at radius 2 is 1.64 bits per heavy atom. The Morgan fingerprint density at radius 3 is 2.30 bits per heavy atom. The summed E-state index contributed by atoms with van der Waals surface area (Å²) in [7, 11) is 0. The van der Waals surface area contributed by atoms with Crippen molar-refractivity contribution in [2.75, 3.05) is 0 Å². The molecule has 0 fully saturated rings. The summed E-state index contributed by atoms with van der Waals surface area (Å²) in [6.45, 7) is 4.81. The molecule has 0 saturated carbocycles. The topological polar surface area (TPSA) is 55.2 Å². The van der Waals surface area contributed by atoms with E-state index in [4.69, 9.17) is 16.6 Å². The van der Waals surface area contributed by atoms with Crippen LogP contribution in [0.2, 0.25) is 5.02 Å². The van der Waals surface area contributed by atoms with Gasteiger partial charge < -0.3 is 4.90 Å². The summed E-state index contributed by atoms with van der Waals surface area (Å²) >= 11 is 6.05. The second-order valence-electron chi connectivity index (χ2n) is 7.89. The Bertz CT molecular complexity index is 1320. The van der Waals surface area contributed by atoms with Crippen LogP contribution < -0.4 is 5.56 Å². The lowest BCUT2D eigenvalue weighted by Crippen LogP contribution is -2.38. The standard InChI is InChI=1S/C27H26ClN3O2/c1-3-24(25-29-23-13-9-8-12-22(23)27(33)30(25)4-2)31(18-19-10-6-5-7-11-19)26(32)20-14-16-21(28)17-15-20/h5-17,24H,3-4,18H2,1-2H3. The largest absolute Gasteiger partial charge is 0.324 e. The smallest absolute Gasteiger partial charge is 0.261 e. The summed E-state index contributed by atoms with van der Waals surface area (Å²) in [5, 5.41) is 1.15. The Balaban J connectivity index is 1.86. The van der Waals surface area contributed by atoms with Crippen LogP contribution in [0.3, 0.4) is 0 Å². The van der Waals surface area contributed by atoms with Crippen molar-refractivity contribution >= 4 is 28.4 Å².